The van der Waals surface area contributed by atoms with E-state index >= 15 is 0 Å². The van der Waals surface area contributed by atoms with Gasteiger partial charge < -0.3 is 10.1 Å². The second kappa shape index (κ2) is 7.06. The third-order valence-corrected chi connectivity index (χ3v) is 3.43. The summed E-state index contributed by atoms with van der Waals surface area (Å²) in [5, 5.41) is 3.40. The molecule has 0 aliphatic carbocycles. The van der Waals surface area contributed by atoms with E-state index < -0.39 is 0 Å². The molecule has 0 bridgehead atoms. The molecule has 0 amide bonds. The highest BCUT2D eigenvalue weighted by atomic mass is 16.5. The Balaban J connectivity index is 2.98. The van der Waals surface area contributed by atoms with E-state index in [0.29, 0.717) is 5.92 Å². The molecule has 1 atom stereocenters. The van der Waals surface area contributed by atoms with Crippen LogP contribution in [0.1, 0.15) is 51.8 Å². The summed E-state index contributed by atoms with van der Waals surface area (Å²) in [6.07, 6.45) is 1.12. The van der Waals surface area contributed by atoms with Crippen molar-refractivity contribution in [2.75, 3.05) is 13.7 Å². The fourth-order valence-corrected chi connectivity index (χ4v) is 2.74. The minimum absolute atomic E-state index is 0.208. The smallest absolute Gasteiger partial charge is 0.0820 e. The quantitative estimate of drug-likeness (QED) is 0.804. The van der Waals surface area contributed by atoms with Gasteiger partial charge in [-0.15, -0.1) is 0 Å². The number of nitrogens with one attached hydrogen (secondary N) is 1. The van der Waals surface area contributed by atoms with Crippen molar-refractivity contribution in [3.05, 3.63) is 35.4 Å². The molecule has 1 N–H and O–H groups in total. The summed E-state index contributed by atoms with van der Waals surface area (Å²) in [6, 6.07) is 9.07. The van der Waals surface area contributed by atoms with Gasteiger partial charge in [0.15, 0.2) is 0 Å². The Bertz CT molecular complexity index is 385. The summed E-state index contributed by atoms with van der Waals surface area (Å²) in [5.41, 5.74) is 2.50. The van der Waals surface area contributed by atoms with E-state index in [1.54, 1.807) is 0 Å². The van der Waals surface area contributed by atoms with Crippen LogP contribution in [0.15, 0.2) is 24.3 Å². The lowest BCUT2D eigenvalue weighted by molar-refractivity contribution is -0.0374. The van der Waals surface area contributed by atoms with Crippen LogP contribution in [0.25, 0.3) is 0 Å². The number of ether oxygens (including phenoxy) is 1. The van der Waals surface area contributed by atoms with Crippen LogP contribution >= 0.6 is 0 Å². The lowest BCUT2D eigenvalue weighted by Gasteiger charge is -2.34. The Morgan fingerprint density at radius 2 is 1.95 bits per heavy atom. The Morgan fingerprint density at radius 3 is 2.47 bits per heavy atom. The molecule has 0 fully saturated rings. The van der Waals surface area contributed by atoms with Crippen molar-refractivity contribution in [1.29, 1.82) is 0 Å². The molecular formula is C17H29NO. The van der Waals surface area contributed by atoms with Gasteiger partial charge in [0.25, 0.3) is 0 Å². The zero-order valence-electron chi connectivity index (χ0n) is 13.3. The molecule has 0 radical (unpaired) electrons. The van der Waals surface area contributed by atoms with Gasteiger partial charge in [-0.3, -0.25) is 0 Å². The first-order chi connectivity index (χ1) is 8.90. The van der Waals surface area contributed by atoms with Crippen LogP contribution in [0.2, 0.25) is 0 Å². The maximum Gasteiger partial charge on any atom is 0.0820 e. The summed E-state index contributed by atoms with van der Waals surface area (Å²) in [6.45, 7) is 11.6. The van der Waals surface area contributed by atoms with Crippen LogP contribution in [-0.4, -0.2) is 19.3 Å². The van der Waals surface area contributed by atoms with Gasteiger partial charge in [0, 0.05) is 6.61 Å². The Hall–Kier alpha value is -0.860. The molecule has 0 saturated heterocycles. The van der Waals surface area contributed by atoms with E-state index in [-0.39, 0.29) is 11.6 Å². The van der Waals surface area contributed by atoms with Crippen LogP contribution in [0.4, 0.5) is 0 Å². The molecule has 0 aliphatic heterocycles. The molecule has 108 valence electrons. The second-order valence-electron chi connectivity index (χ2n) is 6.10. The summed E-state index contributed by atoms with van der Waals surface area (Å²) in [4.78, 5) is 0. The summed E-state index contributed by atoms with van der Waals surface area (Å²) < 4.78 is 5.90. The van der Waals surface area contributed by atoms with Gasteiger partial charge in [0.2, 0.25) is 0 Å². The first kappa shape index (κ1) is 16.2. The van der Waals surface area contributed by atoms with E-state index in [9.17, 15) is 0 Å². The van der Waals surface area contributed by atoms with Gasteiger partial charge in [-0.05, 0) is 51.3 Å². The van der Waals surface area contributed by atoms with Crippen LogP contribution < -0.4 is 5.32 Å². The molecule has 2 nitrogen and oxygen atoms in total. The fraction of sp³-hybridized carbons (Fsp3) is 0.647. The first-order valence-electron chi connectivity index (χ1n) is 7.30. The molecule has 1 rings (SSSR count). The third kappa shape index (κ3) is 4.63. The molecule has 0 aliphatic rings. The van der Waals surface area contributed by atoms with Gasteiger partial charge >= 0.3 is 0 Å². The molecule has 0 aromatic heterocycles. The van der Waals surface area contributed by atoms with Gasteiger partial charge in [0.1, 0.15) is 0 Å². The Kier molecular flexibility index (Phi) is 6.02. The molecule has 1 aromatic rings. The first-order valence-corrected chi connectivity index (χ1v) is 7.30. The highest BCUT2D eigenvalue weighted by Gasteiger charge is 2.30. The summed E-state index contributed by atoms with van der Waals surface area (Å²) >= 11 is 0. The highest BCUT2D eigenvalue weighted by molar-refractivity contribution is 5.28. The largest absolute Gasteiger partial charge is 0.374 e. The van der Waals surface area contributed by atoms with Crippen molar-refractivity contribution < 1.29 is 4.74 Å². The zero-order valence-corrected chi connectivity index (χ0v) is 13.3. The van der Waals surface area contributed by atoms with E-state index in [4.69, 9.17) is 4.74 Å². The maximum absolute atomic E-state index is 5.90. The number of benzene rings is 1. The van der Waals surface area contributed by atoms with Gasteiger partial charge in [-0.2, -0.15) is 0 Å². The van der Waals surface area contributed by atoms with E-state index in [0.717, 1.165) is 13.0 Å². The second-order valence-corrected chi connectivity index (χ2v) is 6.10. The molecular weight excluding hydrogens is 234 g/mol. The minimum atomic E-state index is -0.208. The van der Waals surface area contributed by atoms with Crippen molar-refractivity contribution in [3.63, 3.8) is 0 Å². The summed E-state index contributed by atoms with van der Waals surface area (Å²) in [5.74, 6) is 0.684. The Labute approximate surface area is 118 Å². The lowest BCUT2D eigenvalue weighted by Crippen LogP contribution is -2.40. The van der Waals surface area contributed by atoms with Crippen LogP contribution in [-0.2, 0) is 11.2 Å². The molecule has 2 heteroatoms. The Morgan fingerprint density at radius 1 is 1.26 bits per heavy atom. The predicted molar refractivity (Wildman–Crippen MR) is 82.5 cm³/mol. The number of likely N-dealkylation sites (N-methyl/N-ethyl adjacent to an activating group) is 1. The average molecular weight is 263 g/mol. The van der Waals surface area contributed by atoms with Crippen molar-refractivity contribution >= 4 is 0 Å². The monoisotopic (exact) mass is 263 g/mol. The van der Waals surface area contributed by atoms with Crippen LogP contribution in [0, 0.1) is 5.92 Å². The normalized spacial score (nSPS) is 13.8. The molecule has 0 spiro atoms. The molecule has 1 unspecified atom stereocenters. The van der Waals surface area contributed by atoms with Crippen LogP contribution in [0.5, 0.6) is 0 Å². The minimum Gasteiger partial charge on any atom is -0.374 e. The van der Waals surface area contributed by atoms with Gasteiger partial charge in [-0.1, -0.05) is 38.1 Å². The van der Waals surface area contributed by atoms with Crippen molar-refractivity contribution in [2.24, 2.45) is 5.92 Å². The molecule has 1 aromatic carbocycles. The van der Waals surface area contributed by atoms with Crippen molar-refractivity contribution in [2.45, 2.75) is 52.7 Å². The molecule has 0 saturated carbocycles. The zero-order chi connectivity index (χ0) is 14.5. The third-order valence-electron chi connectivity index (χ3n) is 3.43. The topological polar surface area (TPSA) is 21.3 Å². The summed E-state index contributed by atoms with van der Waals surface area (Å²) in [7, 11) is 2.00. The fourth-order valence-electron chi connectivity index (χ4n) is 2.74. The molecule has 0 heterocycles. The van der Waals surface area contributed by atoms with E-state index in [1.165, 1.54) is 11.1 Å². The average Bonchev–Trinajstić information content (AvgIpc) is 2.28. The number of rotatable bonds is 7. The van der Waals surface area contributed by atoms with E-state index in [2.05, 4.69) is 57.3 Å². The highest BCUT2D eigenvalue weighted by Crippen LogP contribution is 2.29. The molecule has 19 heavy (non-hydrogen) atoms. The number of hydrogen-bond acceptors (Lipinski definition) is 2. The van der Waals surface area contributed by atoms with Crippen molar-refractivity contribution in [3.8, 4) is 0 Å². The number of hydrogen-bond donors (Lipinski definition) is 1. The van der Waals surface area contributed by atoms with Crippen LogP contribution in [0.3, 0.4) is 0 Å². The lowest BCUT2D eigenvalue weighted by atomic mass is 9.89. The van der Waals surface area contributed by atoms with Gasteiger partial charge in [-0.25, -0.2) is 0 Å². The van der Waals surface area contributed by atoms with E-state index in [1.807, 2.05) is 14.0 Å². The van der Waals surface area contributed by atoms with Gasteiger partial charge in [0.05, 0.1) is 11.6 Å². The standard InChI is InChI=1S/C17H29NO/c1-7-19-17(4,5)16(18-6)15-10-8-9-14(12-15)11-13(2)3/h8-10,12-13,16,18H,7,11H2,1-6H3. The maximum atomic E-state index is 5.90. The predicted octanol–water partition coefficient (Wildman–Crippen LogP) is 3.96. The SMILES string of the molecule is CCOC(C)(C)C(NC)c1cccc(CC(C)C)c1. The van der Waals surface area contributed by atoms with Crippen molar-refractivity contribution in [1.82, 2.24) is 5.32 Å².